The maximum atomic E-state index is 13.3. The summed E-state index contributed by atoms with van der Waals surface area (Å²) in [6.45, 7) is 0. The third-order valence-corrected chi connectivity index (χ3v) is 11.7. The molecule has 62 heavy (non-hydrogen) atoms. The lowest BCUT2D eigenvalue weighted by Crippen LogP contribution is -2.43. The molecule has 6 aromatic rings. The van der Waals surface area contributed by atoms with Crippen LogP contribution in [0.1, 0.15) is 47.3 Å². The average Bonchev–Trinajstić information content (AvgIpc) is 3.65. The van der Waals surface area contributed by atoms with Crippen LogP contribution >= 0.6 is 15.9 Å². The molecular formula is C46H42BBrN8O6. The fraction of sp³-hybridized carbons (Fsp3) is 0.174. The molecule has 0 fully saturated rings. The lowest BCUT2D eigenvalue weighted by molar-refractivity contribution is -0.133. The molecule has 4 aromatic carbocycles. The predicted octanol–water partition coefficient (Wildman–Crippen LogP) is 4.97. The normalized spacial score (nSPS) is 21.9. The smallest absolute Gasteiger partial charge is 0.485 e. The van der Waals surface area contributed by atoms with Crippen LogP contribution in [0.15, 0.2) is 161 Å². The van der Waals surface area contributed by atoms with Gasteiger partial charge in [0.15, 0.2) is 23.0 Å². The zero-order valence-corrected chi connectivity index (χ0v) is 35.3. The van der Waals surface area contributed by atoms with Gasteiger partial charge in [0.25, 0.3) is 11.8 Å². The number of nitrogens with zero attached hydrogens (tertiary/aromatic N) is 6. The van der Waals surface area contributed by atoms with Gasteiger partial charge < -0.3 is 31.0 Å². The number of nitrogens with two attached hydrogens (primary N) is 2. The van der Waals surface area contributed by atoms with Gasteiger partial charge in [-0.3, -0.25) is 29.4 Å². The van der Waals surface area contributed by atoms with Gasteiger partial charge >= 0.3 is 7.12 Å². The van der Waals surface area contributed by atoms with Crippen molar-refractivity contribution in [1.29, 1.82) is 0 Å². The minimum atomic E-state index is -1.40. The number of pyridine rings is 2. The van der Waals surface area contributed by atoms with Crippen molar-refractivity contribution in [3.05, 3.63) is 173 Å². The number of halogens is 1. The number of aliphatic imine (C=N–C) groups is 2. The summed E-state index contributed by atoms with van der Waals surface area (Å²) in [7, 11) is 1.91. The molecule has 0 aliphatic carbocycles. The van der Waals surface area contributed by atoms with Gasteiger partial charge in [0.1, 0.15) is 23.7 Å². The molecule has 6 N–H and O–H groups in total. The Morgan fingerprint density at radius 2 is 1.15 bits per heavy atom. The zero-order chi connectivity index (χ0) is 43.6. The van der Waals surface area contributed by atoms with Gasteiger partial charge in [-0.25, -0.2) is 9.98 Å². The second-order valence-electron chi connectivity index (χ2n) is 15.1. The van der Waals surface area contributed by atoms with E-state index in [4.69, 9.17) is 31.0 Å². The molecule has 2 amide bonds. The van der Waals surface area contributed by atoms with Crippen molar-refractivity contribution in [2.24, 2.45) is 21.5 Å². The predicted molar refractivity (Wildman–Crippen MR) is 239 cm³/mol. The van der Waals surface area contributed by atoms with Crippen LogP contribution < -0.4 is 26.4 Å². The zero-order valence-electron chi connectivity index (χ0n) is 33.7. The van der Waals surface area contributed by atoms with Crippen molar-refractivity contribution in [3.63, 3.8) is 0 Å². The van der Waals surface area contributed by atoms with Crippen LogP contribution in [0.4, 0.5) is 0 Å². The third-order valence-electron chi connectivity index (χ3n) is 11.2. The van der Waals surface area contributed by atoms with Gasteiger partial charge in [-0.1, -0.05) is 94.8 Å². The SMILES string of the molecule is CN1C(=O)C2(CC(c3ccccc3)Oc3ccc(-c4cccnc4)cc32)N=C1N.CN1C(=O)C2(CC(c3ccccc3)Oc3ccc(Br)cc32)N=C1N.OB(O)c1cccnc1. The van der Waals surface area contributed by atoms with E-state index in [9.17, 15) is 9.59 Å². The Hall–Kier alpha value is -6.88. The lowest BCUT2D eigenvalue weighted by Gasteiger charge is -2.37. The second kappa shape index (κ2) is 17.2. The van der Waals surface area contributed by atoms with Crippen molar-refractivity contribution in [2.75, 3.05) is 14.1 Å². The minimum absolute atomic E-state index is 0.122. The largest absolute Gasteiger partial charge is 0.490 e. The second-order valence-corrected chi connectivity index (χ2v) is 16.0. The first-order valence-corrected chi connectivity index (χ1v) is 20.5. The molecule has 0 saturated carbocycles. The molecule has 4 atom stereocenters. The number of amides is 2. The molecular weight excluding hydrogens is 851 g/mol. The fourth-order valence-electron chi connectivity index (χ4n) is 8.00. The molecule has 0 saturated heterocycles. The van der Waals surface area contributed by atoms with E-state index in [1.54, 1.807) is 44.8 Å². The topological polar surface area (TPSA) is 202 Å². The Morgan fingerprint density at radius 1 is 0.645 bits per heavy atom. The molecule has 4 unspecified atom stereocenters. The monoisotopic (exact) mass is 892 g/mol. The van der Waals surface area contributed by atoms with E-state index < -0.39 is 18.2 Å². The van der Waals surface area contributed by atoms with Crippen molar-refractivity contribution < 1.29 is 29.1 Å². The molecule has 10 rings (SSSR count). The summed E-state index contributed by atoms with van der Waals surface area (Å²) in [5.41, 5.74) is 15.7. The number of carbonyl (C=O) groups excluding carboxylic acids is 2. The number of hydrogen-bond donors (Lipinski definition) is 4. The number of ether oxygens (including phenoxy) is 2. The van der Waals surface area contributed by atoms with E-state index in [-0.39, 0.29) is 35.9 Å². The van der Waals surface area contributed by atoms with Crippen LogP contribution in [-0.2, 0) is 20.7 Å². The van der Waals surface area contributed by atoms with Crippen LogP contribution in [0, 0.1) is 0 Å². The summed E-state index contributed by atoms with van der Waals surface area (Å²) in [6.07, 6.45) is 6.78. The minimum Gasteiger partial charge on any atom is -0.485 e. The Balaban J connectivity index is 0.000000144. The molecule has 2 spiro atoms. The average molecular weight is 894 g/mol. The van der Waals surface area contributed by atoms with E-state index in [2.05, 4.69) is 35.9 Å². The van der Waals surface area contributed by atoms with Gasteiger partial charge in [-0.15, -0.1) is 0 Å². The van der Waals surface area contributed by atoms with Crippen molar-refractivity contribution in [1.82, 2.24) is 19.8 Å². The van der Waals surface area contributed by atoms with Gasteiger partial charge in [-0.2, -0.15) is 0 Å². The molecule has 312 valence electrons. The first-order valence-electron chi connectivity index (χ1n) is 19.7. The van der Waals surface area contributed by atoms with E-state index in [1.807, 2.05) is 109 Å². The van der Waals surface area contributed by atoms with Gasteiger partial charge in [0.2, 0.25) is 0 Å². The highest BCUT2D eigenvalue weighted by Crippen LogP contribution is 2.52. The van der Waals surface area contributed by atoms with Crippen LogP contribution in [0.2, 0.25) is 0 Å². The molecule has 0 radical (unpaired) electrons. The molecule has 4 aliphatic rings. The van der Waals surface area contributed by atoms with Crippen molar-refractivity contribution >= 4 is 52.2 Å². The maximum absolute atomic E-state index is 13.3. The molecule has 4 aliphatic heterocycles. The van der Waals surface area contributed by atoms with Crippen LogP contribution in [0.3, 0.4) is 0 Å². The van der Waals surface area contributed by atoms with E-state index >= 15 is 0 Å². The fourth-order valence-corrected chi connectivity index (χ4v) is 8.36. The maximum Gasteiger partial charge on any atom is 0.490 e. The van der Waals surface area contributed by atoms with Crippen LogP contribution in [-0.4, -0.2) is 74.8 Å². The molecule has 0 bridgehead atoms. The number of likely N-dealkylation sites (N-methyl/N-ethyl adjacent to an activating group) is 2. The highest BCUT2D eigenvalue weighted by Gasteiger charge is 2.55. The summed E-state index contributed by atoms with van der Waals surface area (Å²) in [4.78, 5) is 46.3. The number of carbonyl (C=O) groups is 2. The first kappa shape index (κ1) is 41.8. The van der Waals surface area contributed by atoms with Gasteiger partial charge in [0.05, 0.1) is 0 Å². The Labute approximate surface area is 366 Å². The first-order chi connectivity index (χ1) is 29.9. The van der Waals surface area contributed by atoms with Gasteiger partial charge in [0, 0.05) is 78.4 Å². The summed E-state index contributed by atoms with van der Waals surface area (Å²) in [5, 5.41) is 17.1. The van der Waals surface area contributed by atoms with E-state index in [0.29, 0.717) is 29.8 Å². The Morgan fingerprint density at radius 3 is 1.58 bits per heavy atom. The van der Waals surface area contributed by atoms with Crippen LogP contribution in [0.25, 0.3) is 11.1 Å². The molecule has 16 heteroatoms. The quantitative estimate of drug-likeness (QED) is 0.175. The number of guanidine groups is 2. The summed E-state index contributed by atoms with van der Waals surface area (Å²) in [6, 6.07) is 38.4. The van der Waals surface area contributed by atoms with Crippen molar-refractivity contribution in [2.45, 2.75) is 36.1 Å². The summed E-state index contributed by atoms with van der Waals surface area (Å²) >= 11 is 3.47. The Bertz CT molecular complexity index is 2660. The lowest BCUT2D eigenvalue weighted by atomic mass is 9.79. The number of aromatic nitrogens is 2. The number of rotatable bonds is 4. The van der Waals surface area contributed by atoms with Crippen molar-refractivity contribution in [3.8, 4) is 22.6 Å². The van der Waals surface area contributed by atoms with Gasteiger partial charge in [-0.05, 0) is 59.2 Å². The number of fused-ring (bicyclic) bond motifs is 4. The standard InChI is InChI=1S/C23H20N4O2.C18H16BrN3O2.C5H6BNO2/c1-27-21(28)23(26-22(27)24)13-20(15-6-3-2-4-7-15)29-19-10-9-16(12-18(19)23)17-8-5-11-25-14-17;1-22-16(23)18(21-17(22)20)10-15(11-5-3-2-4-6-11)24-14-8-7-12(19)9-13(14)18;8-6(9)5-2-1-3-7-4-5/h2-12,14,20H,13H2,1H3,(H2,24,26);2-9,15H,10H2,1H3,(H2,20,21);1-4,8-9H. The number of benzene rings is 4. The molecule has 14 nitrogen and oxygen atoms in total. The Kier molecular flexibility index (Phi) is 11.6. The van der Waals surface area contributed by atoms with Crippen LogP contribution in [0.5, 0.6) is 11.5 Å². The summed E-state index contributed by atoms with van der Waals surface area (Å²) in [5.74, 6) is 1.52. The highest BCUT2D eigenvalue weighted by atomic mass is 79.9. The molecule has 2 aromatic heterocycles. The molecule has 6 heterocycles. The summed E-state index contributed by atoms with van der Waals surface area (Å²) < 4.78 is 13.4. The third kappa shape index (κ3) is 7.91. The van der Waals surface area contributed by atoms with E-state index in [1.165, 1.54) is 16.0 Å². The van der Waals surface area contributed by atoms with E-state index in [0.717, 1.165) is 37.9 Å². The highest BCUT2D eigenvalue weighted by molar-refractivity contribution is 9.10. The number of hydrogen-bond acceptors (Lipinski definition) is 12.